The summed E-state index contributed by atoms with van der Waals surface area (Å²) in [7, 11) is 4.05. The summed E-state index contributed by atoms with van der Waals surface area (Å²) >= 11 is 0. The summed E-state index contributed by atoms with van der Waals surface area (Å²) in [5, 5.41) is 3.37. The molecule has 0 atom stereocenters. The summed E-state index contributed by atoms with van der Waals surface area (Å²) in [5.41, 5.74) is 3.60. The summed E-state index contributed by atoms with van der Waals surface area (Å²) in [6, 6.07) is 9.62. The van der Waals surface area contributed by atoms with E-state index in [1.54, 1.807) is 18.4 Å². The first-order chi connectivity index (χ1) is 9.22. The number of hydrogen-bond donors (Lipinski definition) is 1. The first kappa shape index (κ1) is 11.7. The highest BCUT2D eigenvalue weighted by atomic mass is 16.6. The fraction of sp³-hybridized carbons (Fsp3) is 0.200. The Morgan fingerprint density at radius 3 is 2.95 bits per heavy atom. The minimum Gasteiger partial charge on any atom is -0.434 e. The monoisotopic (exact) mass is 256 g/mol. The third-order valence-electron chi connectivity index (χ3n) is 2.93. The van der Waals surface area contributed by atoms with Crippen molar-refractivity contribution in [3.8, 4) is 11.7 Å². The van der Waals surface area contributed by atoms with Crippen molar-refractivity contribution >= 4 is 11.3 Å². The molecule has 0 bridgehead atoms. The van der Waals surface area contributed by atoms with Crippen LogP contribution in [0.4, 0.5) is 5.69 Å². The van der Waals surface area contributed by atoms with Crippen LogP contribution in [-0.2, 0) is 0 Å². The van der Waals surface area contributed by atoms with Gasteiger partial charge in [0.1, 0.15) is 5.75 Å². The molecule has 2 heterocycles. The standard InChI is InChI=1S/C15H16N2O2/c1-17(2)10-11-9-16-14-8-12(5-6-13(11)14)19-15-4-3-7-18-15/h3-8,10,16H,9H2,1-2H3. The number of nitrogens with zero attached hydrogens (tertiary/aromatic N) is 1. The van der Waals surface area contributed by atoms with Gasteiger partial charge in [-0.3, -0.25) is 0 Å². The molecule has 98 valence electrons. The zero-order chi connectivity index (χ0) is 13.2. The third kappa shape index (κ3) is 2.42. The molecule has 19 heavy (non-hydrogen) atoms. The third-order valence-corrected chi connectivity index (χ3v) is 2.93. The normalized spacial score (nSPS) is 15.2. The Kier molecular flexibility index (Phi) is 2.91. The average molecular weight is 256 g/mol. The van der Waals surface area contributed by atoms with Crippen molar-refractivity contribution in [1.82, 2.24) is 4.90 Å². The van der Waals surface area contributed by atoms with Crippen molar-refractivity contribution in [2.45, 2.75) is 0 Å². The summed E-state index contributed by atoms with van der Waals surface area (Å²) in [6.45, 7) is 0.845. The molecule has 1 aromatic carbocycles. The molecule has 1 N–H and O–H groups in total. The lowest BCUT2D eigenvalue weighted by molar-refractivity contribution is 0.347. The number of ether oxygens (including phenoxy) is 1. The van der Waals surface area contributed by atoms with E-state index in [1.165, 1.54) is 11.1 Å². The molecule has 0 fully saturated rings. The van der Waals surface area contributed by atoms with E-state index in [1.807, 2.05) is 26.2 Å². The van der Waals surface area contributed by atoms with Gasteiger partial charge in [0.15, 0.2) is 0 Å². The number of fused-ring (bicyclic) bond motifs is 1. The molecule has 0 saturated carbocycles. The van der Waals surface area contributed by atoms with Gasteiger partial charge in [0.05, 0.1) is 6.26 Å². The minimum absolute atomic E-state index is 0.502. The van der Waals surface area contributed by atoms with E-state index in [0.29, 0.717) is 5.95 Å². The van der Waals surface area contributed by atoms with Crippen molar-refractivity contribution in [2.75, 3.05) is 26.0 Å². The fourth-order valence-corrected chi connectivity index (χ4v) is 2.16. The van der Waals surface area contributed by atoms with Gasteiger partial charge in [-0.15, -0.1) is 0 Å². The summed E-state index contributed by atoms with van der Waals surface area (Å²) in [6.07, 6.45) is 3.73. The molecule has 1 aliphatic heterocycles. The highest BCUT2D eigenvalue weighted by Gasteiger charge is 2.16. The maximum absolute atomic E-state index is 5.62. The molecule has 2 aromatic rings. The molecule has 0 spiro atoms. The van der Waals surface area contributed by atoms with Gasteiger partial charge in [-0.1, -0.05) is 0 Å². The average Bonchev–Trinajstić information content (AvgIpc) is 2.99. The van der Waals surface area contributed by atoms with E-state index in [2.05, 4.69) is 22.5 Å². The second-order valence-corrected chi connectivity index (χ2v) is 4.71. The summed E-state index contributed by atoms with van der Waals surface area (Å²) in [5.74, 6) is 1.27. The Hall–Kier alpha value is -2.36. The first-order valence-electron chi connectivity index (χ1n) is 6.19. The van der Waals surface area contributed by atoms with E-state index in [-0.39, 0.29) is 0 Å². The highest BCUT2D eigenvalue weighted by molar-refractivity contribution is 5.84. The number of anilines is 1. The Morgan fingerprint density at radius 1 is 1.32 bits per heavy atom. The quantitative estimate of drug-likeness (QED) is 0.913. The van der Waals surface area contributed by atoms with Gasteiger partial charge in [0.2, 0.25) is 0 Å². The number of nitrogens with one attached hydrogen (secondary N) is 1. The van der Waals surface area contributed by atoms with Crippen molar-refractivity contribution in [2.24, 2.45) is 0 Å². The van der Waals surface area contributed by atoms with Gasteiger partial charge in [0, 0.05) is 50.2 Å². The lowest BCUT2D eigenvalue weighted by Gasteiger charge is -2.07. The molecule has 0 saturated heterocycles. The number of furan rings is 1. The van der Waals surface area contributed by atoms with Crippen molar-refractivity contribution < 1.29 is 9.15 Å². The van der Waals surface area contributed by atoms with E-state index >= 15 is 0 Å². The molecular weight excluding hydrogens is 240 g/mol. The van der Waals surface area contributed by atoms with E-state index in [0.717, 1.165) is 18.0 Å². The van der Waals surface area contributed by atoms with Crippen LogP contribution >= 0.6 is 0 Å². The lowest BCUT2D eigenvalue weighted by Crippen LogP contribution is -2.03. The molecule has 0 aliphatic carbocycles. The van der Waals surface area contributed by atoms with Crippen LogP contribution < -0.4 is 10.1 Å². The maximum atomic E-state index is 5.62. The van der Waals surface area contributed by atoms with E-state index in [4.69, 9.17) is 9.15 Å². The van der Waals surface area contributed by atoms with E-state index in [9.17, 15) is 0 Å². The largest absolute Gasteiger partial charge is 0.434 e. The van der Waals surface area contributed by atoms with Gasteiger partial charge in [-0.25, -0.2) is 0 Å². The molecule has 3 rings (SSSR count). The zero-order valence-corrected chi connectivity index (χ0v) is 11.0. The fourth-order valence-electron chi connectivity index (χ4n) is 2.16. The highest BCUT2D eigenvalue weighted by Crippen LogP contribution is 2.35. The molecule has 0 radical (unpaired) electrons. The number of hydrogen-bond acceptors (Lipinski definition) is 4. The van der Waals surface area contributed by atoms with Gasteiger partial charge < -0.3 is 19.4 Å². The van der Waals surface area contributed by atoms with Crippen LogP contribution in [0.3, 0.4) is 0 Å². The summed E-state index contributed by atoms with van der Waals surface area (Å²) in [4.78, 5) is 2.05. The second-order valence-electron chi connectivity index (χ2n) is 4.71. The number of rotatable bonds is 3. The molecule has 0 amide bonds. The summed E-state index contributed by atoms with van der Waals surface area (Å²) < 4.78 is 10.8. The first-order valence-corrected chi connectivity index (χ1v) is 6.19. The SMILES string of the molecule is CN(C)C=C1CNc2cc(Oc3ccco3)ccc21. The maximum Gasteiger partial charge on any atom is 0.289 e. The van der Waals surface area contributed by atoms with E-state index < -0.39 is 0 Å². The van der Waals surface area contributed by atoms with Crippen LogP contribution in [0.15, 0.2) is 47.2 Å². The van der Waals surface area contributed by atoms with Gasteiger partial charge in [-0.2, -0.15) is 0 Å². The predicted molar refractivity (Wildman–Crippen MR) is 75.4 cm³/mol. The molecular formula is C15H16N2O2. The molecule has 1 aromatic heterocycles. The van der Waals surface area contributed by atoms with Crippen molar-refractivity contribution in [3.05, 3.63) is 48.4 Å². The van der Waals surface area contributed by atoms with Gasteiger partial charge >= 0.3 is 0 Å². The molecule has 4 heteroatoms. The van der Waals surface area contributed by atoms with Crippen molar-refractivity contribution in [3.63, 3.8) is 0 Å². The van der Waals surface area contributed by atoms with Crippen LogP contribution in [0.5, 0.6) is 11.7 Å². The zero-order valence-electron chi connectivity index (χ0n) is 11.0. The van der Waals surface area contributed by atoms with Crippen LogP contribution in [0.25, 0.3) is 5.57 Å². The van der Waals surface area contributed by atoms with Crippen LogP contribution in [0, 0.1) is 0 Å². The predicted octanol–water partition coefficient (Wildman–Crippen LogP) is 3.40. The van der Waals surface area contributed by atoms with Crippen molar-refractivity contribution in [1.29, 1.82) is 0 Å². The van der Waals surface area contributed by atoms with Crippen LogP contribution in [-0.4, -0.2) is 25.5 Å². The Bertz CT molecular complexity index is 601. The smallest absolute Gasteiger partial charge is 0.289 e. The Balaban J connectivity index is 1.86. The van der Waals surface area contributed by atoms with Gasteiger partial charge in [0.25, 0.3) is 5.95 Å². The van der Waals surface area contributed by atoms with Gasteiger partial charge in [-0.05, 0) is 23.8 Å². The van der Waals surface area contributed by atoms with Crippen LogP contribution in [0.2, 0.25) is 0 Å². The van der Waals surface area contributed by atoms with Crippen LogP contribution in [0.1, 0.15) is 5.56 Å². The Labute approximate surface area is 112 Å². The molecule has 1 aliphatic rings. The minimum atomic E-state index is 0.502. The molecule has 4 nitrogen and oxygen atoms in total. The topological polar surface area (TPSA) is 37.6 Å². The lowest BCUT2D eigenvalue weighted by atomic mass is 10.1. The Morgan fingerprint density at radius 2 is 2.21 bits per heavy atom. The second kappa shape index (κ2) is 4.72. The molecule has 0 unspecified atom stereocenters. The number of benzene rings is 1.